The van der Waals surface area contributed by atoms with Crippen molar-refractivity contribution in [3.05, 3.63) is 22.9 Å². The number of H-pyrrole nitrogens is 1. The molecule has 0 aromatic carbocycles. The SMILES string of the molecule is COCc1cc(C)[nH+]c(N)c1C(=O)NCC12CC3CC(CC(C3)C1)C2. The number of ether oxygens (including phenoxy) is 1. The number of hydrogen-bond acceptors (Lipinski definition) is 3. The number of aromatic amines is 1. The van der Waals surface area contributed by atoms with Gasteiger partial charge in [-0.05, 0) is 74.7 Å². The predicted octanol–water partition coefficient (Wildman–Crippen LogP) is 2.48. The molecule has 4 saturated carbocycles. The summed E-state index contributed by atoms with van der Waals surface area (Å²) in [6.07, 6.45) is 8.14. The van der Waals surface area contributed by atoms with Crippen LogP contribution in [0.2, 0.25) is 0 Å². The molecule has 1 amide bonds. The van der Waals surface area contributed by atoms with E-state index in [9.17, 15) is 4.79 Å². The van der Waals surface area contributed by atoms with E-state index in [1.165, 1.54) is 38.5 Å². The summed E-state index contributed by atoms with van der Waals surface area (Å²) in [5.41, 5.74) is 8.76. The number of carbonyl (C=O) groups is 1. The lowest BCUT2D eigenvalue weighted by molar-refractivity contribution is -0.370. The molecule has 1 heterocycles. The molecule has 0 aliphatic heterocycles. The maximum absolute atomic E-state index is 12.9. The highest BCUT2D eigenvalue weighted by atomic mass is 16.5. The summed E-state index contributed by atoms with van der Waals surface area (Å²) in [6.45, 7) is 3.11. The minimum absolute atomic E-state index is 0.0726. The molecule has 1 aromatic rings. The number of nitrogen functional groups attached to an aromatic ring is 1. The number of aryl methyl sites for hydroxylation is 1. The number of hydrogen-bond donors (Lipinski definition) is 2. The normalized spacial score (nSPS) is 32.8. The average Bonchev–Trinajstić information content (AvgIpc) is 2.51. The highest BCUT2D eigenvalue weighted by Gasteiger charge is 2.50. The Morgan fingerprint density at radius 1 is 1.28 bits per heavy atom. The maximum Gasteiger partial charge on any atom is 0.283 e. The molecule has 4 fully saturated rings. The van der Waals surface area contributed by atoms with Gasteiger partial charge in [-0.15, -0.1) is 0 Å². The summed E-state index contributed by atoms with van der Waals surface area (Å²) >= 11 is 0. The third-order valence-corrected chi connectivity index (χ3v) is 6.63. The first kappa shape index (κ1) is 16.8. The molecule has 0 unspecified atom stereocenters. The summed E-state index contributed by atoms with van der Waals surface area (Å²) in [5.74, 6) is 3.03. The fourth-order valence-corrected chi connectivity index (χ4v) is 6.22. The van der Waals surface area contributed by atoms with Crippen molar-refractivity contribution in [2.75, 3.05) is 19.4 Å². The number of pyridine rings is 1. The second kappa shape index (κ2) is 6.27. The monoisotopic (exact) mass is 344 g/mol. The van der Waals surface area contributed by atoms with Crippen molar-refractivity contribution in [3.8, 4) is 0 Å². The van der Waals surface area contributed by atoms with Crippen LogP contribution < -0.4 is 16.0 Å². The molecular weight excluding hydrogens is 314 g/mol. The third kappa shape index (κ3) is 3.14. The number of nitrogens with two attached hydrogens (primary N) is 1. The largest absolute Gasteiger partial charge is 0.380 e. The first-order valence-electron chi connectivity index (χ1n) is 9.56. The fraction of sp³-hybridized carbons (Fsp3) is 0.700. The minimum atomic E-state index is -0.0726. The molecule has 5 nitrogen and oxygen atoms in total. The van der Waals surface area contributed by atoms with Gasteiger partial charge in [-0.25, -0.2) is 4.98 Å². The van der Waals surface area contributed by atoms with E-state index in [2.05, 4.69) is 10.3 Å². The van der Waals surface area contributed by atoms with E-state index in [4.69, 9.17) is 10.5 Å². The first-order valence-corrected chi connectivity index (χ1v) is 9.56. The summed E-state index contributed by atoms with van der Waals surface area (Å²) in [7, 11) is 1.64. The van der Waals surface area contributed by atoms with E-state index in [0.717, 1.165) is 35.6 Å². The van der Waals surface area contributed by atoms with E-state index >= 15 is 0 Å². The van der Waals surface area contributed by atoms with Gasteiger partial charge >= 0.3 is 0 Å². The molecular formula is C20H30N3O2+. The molecule has 25 heavy (non-hydrogen) atoms. The number of rotatable bonds is 5. The Kier molecular flexibility index (Phi) is 4.22. The molecule has 5 heteroatoms. The molecule has 0 radical (unpaired) electrons. The Bertz CT molecular complexity index is 650. The Morgan fingerprint density at radius 3 is 2.44 bits per heavy atom. The summed E-state index contributed by atoms with van der Waals surface area (Å²) in [6, 6.07) is 1.94. The molecule has 0 spiro atoms. The number of methoxy groups -OCH3 is 1. The van der Waals surface area contributed by atoms with Crippen LogP contribution in [0.15, 0.2) is 6.07 Å². The topological polar surface area (TPSA) is 78.5 Å². The third-order valence-electron chi connectivity index (χ3n) is 6.63. The molecule has 136 valence electrons. The van der Waals surface area contributed by atoms with Crippen LogP contribution in [-0.4, -0.2) is 19.6 Å². The van der Waals surface area contributed by atoms with Gasteiger partial charge in [0.15, 0.2) is 0 Å². The van der Waals surface area contributed by atoms with Crippen LogP contribution in [0.1, 0.15) is 60.1 Å². The zero-order valence-corrected chi connectivity index (χ0v) is 15.4. The van der Waals surface area contributed by atoms with E-state index in [1.54, 1.807) is 7.11 Å². The van der Waals surface area contributed by atoms with E-state index in [0.29, 0.717) is 23.4 Å². The molecule has 1 aromatic heterocycles. The molecule has 4 bridgehead atoms. The first-order chi connectivity index (χ1) is 12.0. The smallest absolute Gasteiger partial charge is 0.283 e. The summed E-state index contributed by atoms with van der Waals surface area (Å²) in [4.78, 5) is 16.0. The fourth-order valence-electron chi connectivity index (χ4n) is 6.22. The maximum atomic E-state index is 12.9. The lowest BCUT2D eigenvalue weighted by Gasteiger charge is -2.56. The van der Waals surface area contributed by atoms with Crippen LogP contribution in [-0.2, 0) is 11.3 Å². The van der Waals surface area contributed by atoms with Gasteiger partial charge in [-0.3, -0.25) is 10.5 Å². The van der Waals surface area contributed by atoms with Crippen LogP contribution >= 0.6 is 0 Å². The number of aromatic nitrogens is 1. The lowest BCUT2D eigenvalue weighted by atomic mass is 9.49. The Labute approximate surface area is 149 Å². The Balaban J connectivity index is 1.50. The second-order valence-corrected chi connectivity index (χ2v) is 8.80. The van der Waals surface area contributed by atoms with Crippen molar-refractivity contribution in [2.45, 2.75) is 52.1 Å². The van der Waals surface area contributed by atoms with Gasteiger partial charge < -0.3 is 10.1 Å². The molecule has 5 rings (SSSR count). The van der Waals surface area contributed by atoms with Gasteiger partial charge in [0.2, 0.25) is 0 Å². The number of amides is 1. The van der Waals surface area contributed by atoms with Crippen molar-refractivity contribution in [1.82, 2.24) is 5.32 Å². The van der Waals surface area contributed by atoms with Gasteiger partial charge in [0, 0.05) is 19.2 Å². The van der Waals surface area contributed by atoms with Crippen LogP contribution in [0.25, 0.3) is 0 Å². The van der Waals surface area contributed by atoms with Crippen molar-refractivity contribution in [2.24, 2.45) is 23.2 Å². The number of anilines is 1. The van der Waals surface area contributed by atoms with E-state index < -0.39 is 0 Å². The standard InChI is InChI=1S/C20H29N3O2/c1-12-3-16(10-25-2)17(18(21)23-12)19(24)22-11-20-7-13-4-14(8-20)6-15(5-13)9-20/h3,13-15H,4-11H2,1-2H3,(H2,21,23)(H,22,24)/p+1. The average molecular weight is 344 g/mol. The predicted molar refractivity (Wildman–Crippen MR) is 95.8 cm³/mol. The van der Waals surface area contributed by atoms with Crippen molar-refractivity contribution in [1.29, 1.82) is 0 Å². The van der Waals surface area contributed by atoms with Crippen molar-refractivity contribution >= 4 is 11.7 Å². The highest BCUT2D eigenvalue weighted by molar-refractivity contribution is 5.99. The Morgan fingerprint density at radius 2 is 1.88 bits per heavy atom. The van der Waals surface area contributed by atoms with Crippen LogP contribution in [0.4, 0.5) is 5.82 Å². The van der Waals surface area contributed by atoms with Crippen LogP contribution in [0, 0.1) is 30.1 Å². The number of carbonyl (C=O) groups excluding carboxylic acids is 1. The summed E-state index contributed by atoms with van der Waals surface area (Å²) in [5, 5.41) is 3.22. The molecule has 4 aliphatic carbocycles. The van der Waals surface area contributed by atoms with Crippen LogP contribution in [0.5, 0.6) is 0 Å². The zero-order chi connectivity index (χ0) is 17.6. The van der Waals surface area contributed by atoms with E-state index in [-0.39, 0.29) is 5.91 Å². The Hall–Kier alpha value is -1.62. The van der Waals surface area contributed by atoms with Crippen LogP contribution in [0.3, 0.4) is 0 Å². The summed E-state index contributed by atoms with van der Waals surface area (Å²) < 4.78 is 5.26. The molecule has 4 aliphatic rings. The van der Waals surface area contributed by atoms with Gasteiger partial charge in [-0.1, -0.05) is 0 Å². The second-order valence-electron chi connectivity index (χ2n) is 8.80. The quantitative estimate of drug-likeness (QED) is 0.861. The molecule has 4 N–H and O–H groups in total. The molecule has 0 saturated heterocycles. The molecule has 0 atom stereocenters. The van der Waals surface area contributed by atoms with Gasteiger partial charge in [0.25, 0.3) is 11.7 Å². The van der Waals surface area contributed by atoms with E-state index in [1.807, 2.05) is 13.0 Å². The van der Waals surface area contributed by atoms with Crippen molar-refractivity contribution < 1.29 is 14.5 Å². The van der Waals surface area contributed by atoms with Gasteiger partial charge in [0.1, 0.15) is 5.56 Å². The van der Waals surface area contributed by atoms with Gasteiger partial charge in [0.05, 0.1) is 12.3 Å². The minimum Gasteiger partial charge on any atom is -0.380 e. The zero-order valence-electron chi connectivity index (χ0n) is 15.4. The highest BCUT2D eigenvalue weighted by Crippen LogP contribution is 2.59. The lowest BCUT2D eigenvalue weighted by Crippen LogP contribution is -2.51. The number of nitrogens with one attached hydrogen (secondary N) is 2. The van der Waals surface area contributed by atoms with Crippen molar-refractivity contribution in [3.63, 3.8) is 0 Å². The van der Waals surface area contributed by atoms with Gasteiger partial charge in [-0.2, -0.15) is 0 Å².